The monoisotopic (exact) mass is 227 g/mol. The number of hydrogen-bond donors (Lipinski definition) is 2. The Labute approximate surface area is 102 Å². The van der Waals surface area contributed by atoms with E-state index in [1.165, 1.54) is 11.1 Å². The summed E-state index contributed by atoms with van der Waals surface area (Å²) in [7, 11) is 0. The lowest BCUT2D eigenvalue weighted by Gasteiger charge is -2.17. The quantitative estimate of drug-likeness (QED) is 0.624. The van der Waals surface area contributed by atoms with Crippen molar-refractivity contribution in [1.29, 1.82) is 0 Å². The van der Waals surface area contributed by atoms with Crippen LogP contribution in [0.15, 0.2) is 42.7 Å². The van der Waals surface area contributed by atoms with Gasteiger partial charge in [0.2, 0.25) is 0 Å². The maximum absolute atomic E-state index is 5.66. The maximum atomic E-state index is 5.66. The Morgan fingerprint density at radius 1 is 1.12 bits per heavy atom. The summed E-state index contributed by atoms with van der Waals surface area (Å²) in [6.45, 7) is 4.18. The molecule has 0 aliphatic heterocycles. The van der Waals surface area contributed by atoms with Gasteiger partial charge in [-0.25, -0.2) is 5.43 Å². The highest BCUT2D eigenvalue weighted by Crippen LogP contribution is 2.22. The molecule has 2 aromatic rings. The number of nitrogens with one attached hydrogen (secondary N) is 1. The van der Waals surface area contributed by atoms with E-state index in [4.69, 9.17) is 5.84 Å². The topological polar surface area (TPSA) is 50.9 Å². The van der Waals surface area contributed by atoms with Crippen LogP contribution in [0.2, 0.25) is 0 Å². The Hall–Kier alpha value is -1.71. The van der Waals surface area contributed by atoms with Crippen LogP contribution in [0, 0.1) is 13.8 Å². The summed E-state index contributed by atoms with van der Waals surface area (Å²) in [6, 6.07) is 10.4. The van der Waals surface area contributed by atoms with E-state index in [0.29, 0.717) is 0 Å². The molecule has 2 rings (SSSR count). The number of nitrogens with zero attached hydrogens (tertiary/aromatic N) is 1. The zero-order valence-electron chi connectivity index (χ0n) is 10.1. The molecular weight excluding hydrogens is 210 g/mol. The molecule has 0 bridgehead atoms. The first-order valence-electron chi connectivity index (χ1n) is 5.65. The molecule has 0 spiro atoms. The van der Waals surface area contributed by atoms with Gasteiger partial charge in [0.05, 0.1) is 6.04 Å². The summed E-state index contributed by atoms with van der Waals surface area (Å²) in [5, 5.41) is 0. The highest BCUT2D eigenvalue weighted by molar-refractivity contribution is 5.35. The predicted octanol–water partition coefficient (Wildman–Crippen LogP) is 2.25. The Kier molecular flexibility index (Phi) is 3.52. The Balaban J connectivity index is 2.42. The van der Waals surface area contributed by atoms with Crippen molar-refractivity contribution >= 4 is 0 Å². The molecular formula is C14H17N3. The third-order valence-corrected chi connectivity index (χ3v) is 2.76. The standard InChI is InChI=1S/C14H17N3/c1-10-6-11(2)8-13(7-10)14(17-15)12-4-3-5-16-9-12/h3-9,14,17H,15H2,1-2H3. The molecule has 0 aliphatic carbocycles. The molecule has 1 aromatic carbocycles. The van der Waals surface area contributed by atoms with Crippen LogP contribution in [-0.4, -0.2) is 4.98 Å². The minimum absolute atomic E-state index is 0.0118. The molecule has 0 saturated heterocycles. The SMILES string of the molecule is Cc1cc(C)cc(C(NN)c2cccnc2)c1. The first-order chi connectivity index (χ1) is 8.20. The summed E-state index contributed by atoms with van der Waals surface area (Å²) in [5.41, 5.74) is 7.56. The second-order valence-electron chi connectivity index (χ2n) is 4.31. The summed E-state index contributed by atoms with van der Waals surface area (Å²) in [5.74, 6) is 5.66. The third-order valence-electron chi connectivity index (χ3n) is 2.76. The fraction of sp³-hybridized carbons (Fsp3) is 0.214. The van der Waals surface area contributed by atoms with E-state index in [1.807, 2.05) is 18.3 Å². The van der Waals surface area contributed by atoms with Crippen LogP contribution >= 0.6 is 0 Å². The van der Waals surface area contributed by atoms with Crippen LogP contribution < -0.4 is 11.3 Å². The van der Waals surface area contributed by atoms with Gasteiger partial charge in [-0.1, -0.05) is 35.4 Å². The summed E-state index contributed by atoms with van der Waals surface area (Å²) in [6.07, 6.45) is 3.60. The number of rotatable bonds is 3. The Morgan fingerprint density at radius 2 is 1.82 bits per heavy atom. The van der Waals surface area contributed by atoms with Crippen molar-refractivity contribution in [2.24, 2.45) is 5.84 Å². The van der Waals surface area contributed by atoms with Crippen molar-refractivity contribution in [2.75, 3.05) is 0 Å². The molecule has 0 aliphatic rings. The van der Waals surface area contributed by atoms with Crippen molar-refractivity contribution < 1.29 is 0 Å². The van der Waals surface area contributed by atoms with Gasteiger partial charge in [0.15, 0.2) is 0 Å². The van der Waals surface area contributed by atoms with E-state index in [1.54, 1.807) is 6.20 Å². The van der Waals surface area contributed by atoms with Crippen LogP contribution in [0.4, 0.5) is 0 Å². The minimum atomic E-state index is -0.0118. The zero-order valence-corrected chi connectivity index (χ0v) is 10.1. The molecule has 1 aromatic heterocycles. The van der Waals surface area contributed by atoms with Crippen molar-refractivity contribution in [3.05, 3.63) is 65.0 Å². The first-order valence-corrected chi connectivity index (χ1v) is 5.65. The van der Waals surface area contributed by atoms with Gasteiger partial charge < -0.3 is 0 Å². The van der Waals surface area contributed by atoms with Gasteiger partial charge in [-0.05, 0) is 31.0 Å². The molecule has 17 heavy (non-hydrogen) atoms. The second kappa shape index (κ2) is 5.08. The van der Waals surface area contributed by atoms with Gasteiger partial charge in [0, 0.05) is 12.4 Å². The van der Waals surface area contributed by atoms with Gasteiger partial charge >= 0.3 is 0 Å². The van der Waals surface area contributed by atoms with Crippen LogP contribution in [0.5, 0.6) is 0 Å². The fourth-order valence-electron chi connectivity index (χ4n) is 2.11. The molecule has 3 heteroatoms. The number of aryl methyl sites for hydroxylation is 2. The number of hydrogen-bond acceptors (Lipinski definition) is 3. The van der Waals surface area contributed by atoms with E-state index in [0.717, 1.165) is 11.1 Å². The van der Waals surface area contributed by atoms with Crippen molar-refractivity contribution in [2.45, 2.75) is 19.9 Å². The number of pyridine rings is 1. The molecule has 88 valence electrons. The normalized spacial score (nSPS) is 12.4. The highest BCUT2D eigenvalue weighted by atomic mass is 15.2. The van der Waals surface area contributed by atoms with Gasteiger partial charge in [0.1, 0.15) is 0 Å². The average molecular weight is 227 g/mol. The van der Waals surface area contributed by atoms with Crippen LogP contribution in [0.1, 0.15) is 28.3 Å². The lowest BCUT2D eigenvalue weighted by molar-refractivity contribution is 0.634. The lowest BCUT2D eigenvalue weighted by atomic mass is 9.97. The van der Waals surface area contributed by atoms with Crippen LogP contribution in [-0.2, 0) is 0 Å². The van der Waals surface area contributed by atoms with Gasteiger partial charge in [-0.15, -0.1) is 0 Å². The highest BCUT2D eigenvalue weighted by Gasteiger charge is 2.12. The number of hydrazine groups is 1. The van der Waals surface area contributed by atoms with Crippen LogP contribution in [0.3, 0.4) is 0 Å². The molecule has 1 unspecified atom stereocenters. The van der Waals surface area contributed by atoms with E-state index >= 15 is 0 Å². The number of nitrogens with two attached hydrogens (primary N) is 1. The average Bonchev–Trinajstić information content (AvgIpc) is 2.30. The van der Waals surface area contributed by atoms with E-state index < -0.39 is 0 Å². The maximum Gasteiger partial charge on any atom is 0.0725 e. The van der Waals surface area contributed by atoms with Gasteiger partial charge in [-0.2, -0.15) is 0 Å². The Bertz CT molecular complexity index is 474. The molecule has 0 saturated carbocycles. The van der Waals surface area contributed by atoms with Crippen molar-refractivity contribution in [3.8, 4) is 0 Å². The predicted molar refractivity (Wildman–Crippen MR) is 69.3 cm³/mol. The third kappa shape index (κ3) is 2.70. The first kappa shape index (κ1) is 11.8. The molecule has 1 atom stereocenters. The van der Waals surface area contributed by atoms with Crippen LogP contribution in [0.25, 0.3) is 0 Å². The second-order valence-corrected chi connectivity index (χ2v) is 4.31. The molecule has 0 amide bonds. The van der Waals surface area contributed by atoms with Gasteiger partial charge in [-0.3, -0.25) is 10.8 Å². The largest absolute Gasteiger partial charge is 0.271 e. The summed E-state index contributed by atoms with van der Waals surface area (Å²) < 4.78 is 0. The molecule has 3 N–H and O–H groups in total. The number of aromatic nitrogens is 1. The van der Waals surface area contributed by atoms with E-state index in [9.17, 15) is 0 Å². The van der Waals surface area contributed by atoms with Crippen molar-refractivity contribution in [1.82, 2.24) is 10.4 Å². The molecule has 3 nitrogen and oxygen atoms in total. The van der Waals surface area contributed by atoms with Gasteiger partial charge in [0.25, 0.3) is 0 Å². The minimum Gasteiger partial charge on any atom is -0.271 e. The number of benzene rings is 1. The molecule has 0 radical (unpaired) electrons. The fourth-order valence-corrected chi connectivity index (χ4v) is 2.11. The zero-order chi connectivity index (χ0) is 12.3. The van der Waals surface area contributed by atoms with E-state index in [2.05, 4.69) is 42.5 Å². The van der Waals surface area contributed by atoms with Crippen molar-refractivity contribution in [3.63, 3.8) is 0 Å². The summed E-state index contributed by atoms with van der Waals surface area (Å²) in [4.78, 5) is 4.13. The molecule has 0 fully saturated rings. The van der Waals surface area contributed by atoms with E-state index in [-0.39, 0.29) is 6.04 Å². The Morgan fingerprint density at radius 3 is 2.35 bits per heavy atom. The molecule has 1 heterocycles. The lowest BCUT2D eigenvalue weighted by Crippen LogP contribution is -2.29. The summed E-state index contributed by atoms with van der Waals surface area (Å²) >= 11 is 0. The smallest absolute Gasteiger partial charge is 0.0725 e.